The quantitative estimate of drug-likeness (QED) is 0.652. The topological polar surface area (TPSA) is 89.8 Å². The number of aromatic nitrogens is 2. The maximum absolute atomic E-state index is 5.70. The SMILES string of the molecule is CCCCNc1nc(N)ncc1CCc1ccc(CN)cc1. The fourth-order valence-corrected chi connectivity index (χ4v) is 2.26. The van der Waals surface area contributed by atoms with E-state index in [0.29, 0.717) is 12.5 Å². The Morgan fingerprint density at radius 2 is 1.82 bits per heavy atom. The molecule has 22 heavy (non-hydrogen) atoms. The van der Waals surface area contributed by atoms with Crippen molar-refractivity contribution in [3.63, 3.8) is 0 Å². The van der Waals surface area contributed by atoms with Crippen LogP contribution >= 0.6 is 0 Å². The van der Waals surface area contributed by atoms with Crippen molar-refractivity contribution in [1.82, 2.24) is 9.97 Å². The number of benzene rings is 1. The average molecular weight is 299 g/mol. The second-order valence-corrected chi connectivity index (χ2v) is 5.40. The van der Waals surface area contributed by atoms with Crippen LogP contribution in [0.5, 0.6) is 0 Å². The number of unbranched alkanes of at least 4 members (excludes halogenated alkanes) is 1. The van der Waals surface area contributed by atoms with Crippen LogP contribution in [0.1, 0.15) is 36.5 Å². The Kier molecular flexibility index (Phi) is 6.15. The minimum absolute atomic E-state index is 0.315. The second kappa shape index (κ2) is 8.34. The predicted octanol–water partition coefficient (Wildman–Crippen LogP) is 2.51. The van der Waals surface area contributed by atoms with Gasteiger partial charge in [-0.1, -0.05) is 37.6 Å². The summed E-state index contributed by atoms with van der Waals surface area (Å²) in [7, 11) is 0. The first-order valence-electron chi connectivity index (χ1n) is 7.86. The van der Waals surface area contributed by atoms with Gasteiger partial charge in [0, 0.05) is 24.8 Å². The third-order valence-electron chi connectivity index (χ3n) is 3.65. The molecule has 0 spiro atoms. The standard InChI is InChI=1S/C17H25N5/c1-2-3-10-20-16-15(12-21-17(19)22-16)9-8-13-4-6-14(11-18)7-5-13/h4-7,12H,2-3,8-11,18H2,1H3,(H3,19,20,21,22). The van der Waals surface area contributed by atoms with E-state index in [2.05, 4.69) is 46.5 Å². The maximum Gasteiger partial charge on any atom is 0.221 e. The molecule has 2 rings (SSSR count). The molecule has 2 aromatic rings. The van der Waals surface area contributed by atoms with Crippen molar-refractivity contribution in [2.24, 2.45) is 5.73 Å². The lowest BCUT2D eigenvalue weighted by Crippen LogP contribution is -2.09. The van der Waals surface area contributed by atoms with Crippen molar-refractivity contribution in [3.8, 4) is 0 Å². The monoisotopic (exact) mass is 299 g/mol. The minimum atomic E-state index is 0.315. The number of nitrogens with one attached hydrogen (secondary N) is 1. The lowest BCUT2D eigenvalue weighted by atomic mass is 10.0. The summed E-state index contributed by atoms with van der Waals surface area (Å²) >= 11 is 0. The van der Waals surface area contributed by atoms with Gasteiger partial charge in [0.25, 0.3) is 0 Å². The first-order chi connectivity index (χ1) is 10.7. The van der Waals surface area contributed by atoms with E-state index >= 15 is 0 Å². The minimum Gasteiger partial charge on any atom is -0.370 e. The van der Waals surface area contributed by atoms with E-state index < -0.39 is 0 Å². The van der Waals surface area contributed by atoms with E-state index in [9.17, 15) is 0 Å². The number of rotatable bonds is 8. The highest BCUT2D eigenvalue weighted by Gasteiger charge is 2.06. The molecule has 118 valence electrons. The summed E-state index contributed by atoms with van der Waals surface area (Å²) < 4.78 is 0. The van der Waals surface area contributed by atoms with Crippen LogP contribution in [0, 0.1) is 0 Å². The van der Waals surface area contributed by atoms with E-state index in [1.807, 2.05) is 6.20 Å². The molecule has 0 bridgehead atoms. The number of nitrogens with two attached hydrogens (primary N) is 2. The first kappa shape index (κ1) is 16.2. The molecule has 0 radical (unpaired) electrons. The van der Waals surface area contributed by atoms with Gasteiger partial charge >= 0.3 is 0 Å². The summed E-state index contributed by atoms with van der Waals surface area (Å²) in [5, 5.41) is 3.36. The number of nitrogens with zero attached hydrogens (tertiary/aromatic N) is 2. The van der Waals surface area contributed by atoms with E-state index in [1.54, 1.807) is 0 Å². The molecule has 5 nitrogen and oxygen atoms in total. The zero-order chi connectivity index (χ0) is 15.8. The predicted molar refractivity (Wildman–Crippen MR) is 91.6 cm³/mol. The highest BCUT2D eigenvalue weighted by Crippen LogP contribution is 2.16. The van der Waals surface area contributed by atoms with E-state index in [4.69, 9.17) is 11.5 Å². The number of hydrogen-bond acceptors (Lipinski definition) is 5. The van der Waals surface area contributed by atoms with Gasteiger partial charge in [-0.25, -0.2) is 4.98 Å². The molecule has 0 atom stereocenters. The van der Waals surface area contributed by atoms with Crippen molar-refractivity contribution < 1.29 is 0 Å². The molecular formula is C17H25N5. The van der Waals surface area contributed by atoms with Gasteiger partial charge in [-0.05, 0) is 30.4 Å². The summed E-state index contributed by atoms with van der Waals surface area (Å²) in [6.45, 7) is 3.66. The first-order valence-corrected chi connectivity index (χ1v) is 7.86. The van der Waals surface area contributed by atoms with Gasteiger partial charge in [-0.3, -0.25) is 0 Å². The summed E-state index contributed by atoms with van der Waals surface area (Å²) in [5.74, 6) is 1.18. The largest absolute Gasteiger partial charge is 0.370 e. The molecule has 1 aromatic heterocycles. The molecule has 1 heterocycles. The van der Waals surface area contributed by atoms with E-state index in [0.717, 1.165) is 49.2 Å². The van der Waals surface area contributed by atoms with Crippen LogP contribution < -0.4 is 16.8 Å². The van der Waals surface area contributed by atoms with Gasteiger partial charge in [-0.2, -0.15) is 4.98 Å². The summed E-state index contributed by atoms with van der Waals surface area (Å²) in [5.41, 5.74) is 14.9. The Bertz CT molecular complexity index is 580. The molecule has 0 aliphatic rings. The highest BCUT2D eigenvalue weighted by atomic mass is 15.1. The van der Waals surface area contributed by atoms with Crippen LogP contribution in [0.25, 0.3) is 0 Å². The molecule has 0 fully saturated rings. The zero-order valence-electron chi connectivity index (χ0n) is 13.2. The maximum atomic E-state index is 5.70. The molecule has 0 unspecified atom stereocenters. The second-order valence-electron chi connectivity index (χ2n) is 5.40. The van der Waals surface area contributed by atoms with E-state index in [1.165, 1.54) is 5.56 Å². The summed E-state index contributed by atoms with van der Waals surface area (Å²) in [6, 6.07) is 8.42. The third-order valence-corrected chi connectivity index (χ3v) is 3.65. The van der Waals surface area contributed by atoms with Gasteiger partial charge in [-0.15, -0.1) is 0 Å². The van der Waals surface area contributed by atoms with Crippen LogP contribution in [-0.4, -0.2) is 16.5 Å². The number of nitrogen functional groups attached to an aromatic ring is 1. The zero-order valence-corrected chi connectivity index (χ0v) is 13.2. The molecule has 5 N–H and O–H groups in total. The molecule has 1 aromatic carbocycles. The fourth-order valence-electron chi connectivity index (χ4n) is 2.26. The molecule has 0 aliphatic heterocycles. The summed E-state index contributed by atoms with van der Waals surface area (Å²) in [4.78, 5) is 8.44. The third kappa shape index (κ3) is 4.70. The van der Waals surface area contributed by atoms with Gasteiger partial charge < -0.3 is 16.8 Å². The van der Waals surface area contributed by atoms with Crippen molar-refractivity contribution in [3.05, 3.63) is 47.2 Å². The molecule has 0 aliphatic carbocycles. The molecular weight excluding hydrogens is 274 g/mol. The Hall–Kier alpha value is -2.14. The van der Waals surface area contributed by atoms with Crippen LogP contribution in [0.2, 0.25) is 0 Å². The van der Waals surface area contributed by atoms with E-state index in [-0.39, 0.29) is 0 Å². The Balaban J connectivity index is 2.01. The average Bonchev–Trinajstić information content (AvgIpc) is 2.55. The van der Waals surface area contributed by atoms with Crippen molar-refractivity contribution in [2.45, 2.75) is 39.2 Å². The van der Waals surface area contributed by atoms with Gasteiger partial charge in [0.15, 0.2) is 0 Å². The van der Waals surface area contributed by atoms with Gasteiger partial charge in [0.05, 0.1) is 0 Å². The fraction of sp³-hybridized carbons (Fsp3) is 0.412. The van der Waals surface area contributed by atoms with Crippen LogP contribution in [-0.2, 0) is 19.4 Å². The Morgan fingerprint density at radius 3 is 2.50 bits per heavy atom. The molecule has 0 amide bonds. The van der Waals surface area contributed by atoms with Crippen LogP contribution in [0.4, 0.5) is 11.8 Å². The van der Waals surface area contributed by atoms with Crippen molar-refractivity contribution >= 4 is 11.8 Å². The lowest BCUT2D eigenvalue weighted by Gasteiger charge is -2.11. The number of anilines is 2. The van der Waals surface area contributed by atoms with Gasteiger partial charge in [0.1, 0.15) is 5.82 Å². The Morgan fingerprint density at radius 1 is 1.09 bits per heavy atom. The van der Waals surface area contributed by atoms with Crippen molar-refractivity contribution in [1.29, 1.82) is 0 Å². The highest BCUT2D eigenvalue weighted by molar-refractivity contribution is 5.46. The smallest absolute Gasteiger partial charge is 0.221 e. The van der Waals surface area contributed by atoms with Crippen LogP contribution in [0.15, 0.2) is 30.5 Å². The number of aryl methyl sites for hydroxylation is 2. The molecule has 0 saturated heterocycles. The van der Waals surface area contributed by atoms with Crippen molar-refractivity contribution in [2.75, 3.05) is 17.6 Å². The lowest BCUT2D eigenvalue weighted by molar-refractivity contribution is 0.825. The molecule has 5 heteroatoms. The summed E-state index contributed by atoms with van der Waals surface area (Å²) in [6.07, 6.45) is 5.92. The molecule has 0 saturated carbocycles. The number of hydrogen-bond donors (Lipinski definition) is 3. The van der Waals surface area contributed by atoms with Crippen LogP contribution in [0.3, 0.4) is 0 Å². The normalized spacial score (nSPS) is 10.6. The van der Waals surface area contributed by atoms with Gasteiger partial charge in [0.2, 0.25) is 5.95 Å². The Labute approximate surface area is 132 Å².